The maximum atomic E-state index is 12.8. The Labute approximate surface area is 191 Å². The van der Waals surface area contributed by atoms with Crippen molar-refractivity contribution < 1.29 is 18.3 Å². The van der Waals surface area contributed by atoms with Crippen LogP contribution in [0.2, 0.25) is 0 Å². The number of hydrogen-bond acceptors (Lipinski definition) is 5. The second-order valence-corrected chi connectivity index (χ2v) is 8.12. The molecule has 1 N–H and O–H groups in total. The van der Waals surface area contributed by atoms with Crippen molar-refractivity contribution in [3.63, 3.8) is 0 Å². The molecule has 1 fully saturated rings. The quantitative estimate of drug-likeness (QED) is 0.557. The molecule has 1 atom stereocenters. The fraction of sp³-hybridized carbons (Fsp3) is 0.375. The van der Waals surface area contributed by atoms with Gasteiger partial charge in [-0.15, -0.1) is 5.10 Å². The molecule has 0 saturated carbocycles. The van der Waals surface area contributed by atoms with Gasteiger partial charge in [-0.25, -0.2) is 4.68 Å². The van der Waals surface area contributed by atoms with Gasteiger partial charge >= 0.3 is 6.61 Å². The maximum Gasteiger partial charge on any atom is 0.387 e. The van der Waals surface area contributed by atoms with Gasteiger partial charge in [-0.1, -0.05) is 42.0 Å². The standard InChI is InChI=1S/C24H27F2N5O2/c1-17-22(28-29-31(17)19-10-12-21(13-11-19)33-24(25)26)23(32)27-15-20-9-5-6-14-30(20)16-18-7-3-2-4-8-18/h2-4,7-8,10-13,20,24H,5-6,9,14-16H2,1H3,(H,27,32). The molecule has 0 spiro atoms. The topological polar surface area (TPSA) is 72.3 Å². The van der Waals surface area contributed by atoms with Crippen LogP contribution < -0.4 is 10.1 Å². The Morgan fingerprint density at radius 1 is 1.15 bits per heavy atom. The Hall–Kier alpha value is -3.33. The molecule has 4 rings (SSSR count). The van der Waals surface area contributed by atoms with Crippen molar-refractivity contribution in [1.29, 1.82) is 0 Å². The van der Waals surface area contributed by atoms with Gasteiger partial charge in [0.25, 0.3) is 5.91 Å². The molecule has 0 aliphatic carbocycles. The number of nitrogens with zero attached hydrogens (tertiary/aromatic N) is 4. The van der Waals surface area contributed by atoms with E-state index in [1.165, 1.54) is 22.4 Å². The van der Waals surface area contributed by atoms with Gasteiger partial charge in [0.15, 0.2) is 5.69 Å². The second kappa shape index (κ2) is 10.5. The lowest BCUT2D eigenvalue weighted by molar-refractivity contribution is -0.0498. The average molecular weight is 456 g/mol. The molecule has 1 unspecified atom stereocenters. The highest BCUT2D eigenvalue weighted by Gasteiger charge is 2.24. The van der Waals surface area contributed by atoms with Crippen LogP contribution >= 0.6 is 0 Å². The molecule has 1 aliphatic heterocycles. The van der Waals surface area contributed by atoms with Crippen molar-refractivity contribution in [3.8, 4) is 11.4 Å². The van der Waals surface area contributed by atoms with Crippen LogP contribution in [0.4, 0.5) is 8.78 Å². The fourth-order valence-electron chi connectivity index (χ4n) is 4.16. The van der Waals surface area contributed by atoms with Gasteiger partial charge in [0.1, 0.15) is 5.75 Å². The van der Waals surface area contributed by atoms with Gasteiger partial charge in [0.05, 0.1) is 11.4 Å². The van der Waals surface area contributed by atoms with Crippen LogP contribution in [0.1, 0.15) is 41.0 Å². The number of benzene rings is 2. The van der Waals surface area contributed by atoms with Gasteiger partial charge < -0.3 is 10.1 Å². The summed E-state index contributed by atoms with van der Waals surface area (Å²) < 4.78 is 30.6. The van der Waals surface area contributed by atoms with Crippen LogP contribution in [0.15, 0.2) is 54.6 Å². The molecule has 33 heavy (non-hydrogen) atoms. The number of alkyl halides is 2. The van der Waals surface area contributed by atoms with Gasteiger partial charge in [0.2, 0.25) is 0 Å². The Morgan fingerprint density at radius 3 is 2.64 bits per heavy atom. The highest BCUT2D eigenvalue weighted by Crippen LogP contribution is 2.21. The normalized spacial score (nSPS) is 16.7. The first kappa shape index (κ1) is 22.8. The van der Waals surface area contributed by atoms with Crippen LogP contribution in [0.5, 0.6) is 5.75 Å². The molecular weight excluding hydrogens is 428 g/mol. The van der Waals surface area contributed by atoms with Crippen molar-refractivity contribution in [2.24, 2.45) is 0 Å². The van der Waals surface area contributed by atoms with Crippen molar-refractivity contribution in [3.05, 3.63) is 71.5 Å². The molecule has 2 heterocycles. The van der Waals surface area contributed by atoms with Gasteiger partial charge in [-0.05, 0) is 56.1 Å². The van der Waals surface area contributed by atoms with Crippen LogP contribution in [-0.4, -0.2) is 51.5 Å². The second-order valence-electron chi connectivity index (χ2n) is 8.12. The van der Waals surface area contributed by atoms with E-state index in [4.69, 9.17) is 0 Å². The molecule has 7 nitrogen and oxygen atoms in total. The van der Waals surface area contributed by atoms with Gasteiger partial charge in [-0.3, -0.25) is 9.69 Å². The average Bonchev–Trinajstić information content (AvgIpc) is 3.20. The summed E-state index contributed by atoms with van der Waals surface area (Å²) in [5, 5.41) is 11.1. The molecule has 1 saturated heterocycles. The Morgan fingerprint density at radius 2 is 1.91 bits per heavy atom. The number of rotatable bonds is 8. The molecule has 1 aromatic heterocycles. The van der Waals surface area contributed by atoms with Crippen LogP contribution in [0.25, 0.3) is 5.69 Å². The summed E-state index contributed by atoms with van der Waals surface area (Å²) in [5.41, 5.74) is 2.68. The third-order valence-corrected chi connectivity index (χ3v) is 5.89. The van der Waals surface area contributed by atoms with E-state index in [1.54, 1.807) is 19.1 Å². The van der Waals surface area contributed by atoms with Gasteiger partial charge in [0, 0.05) is 19.1 Å². The lowest BCUT2D eigenvalue weighted by atomic mass is 10.0. The van der Waals surface area contributed by atoms with E-state index < -0.39 is 6.61 Å². The molecular formula is C24H27F2N5O2. The minimum Gasteiger partial charge on any atom is -0.435 e. The number of piperidine rings is 1. The highest BCUT2D eigenvalue weighted by atomic mass is 19.3. The van der Waals surface area contributed by atoms with Crippen molar-refractivity contribution >= 4 is 5.91 Å². The van der Waals surface area contributed by atoms with Crippen LogP contribution in [0.3, 0.4) is 0 Å². The fourth-order valence-corrected chi connectivity index (χ4v) is 4.16. The van der Waals surface area contributed by atoms with Crippen molar-refractivity contribution in [2.75, 3.05) is 13.1 Å². The maximum absolute atomic E-state index is 12.8. The molecule has 1 aliphatic rings. The highest BCUT2D eigenvalue weighted by molar-refractivity contribution is 5.93. The lowest BCUT2D eigenvalue weighted by Crippen LogP contribution is -2.46. The number of aromatic nitrogens is 3. The number of likely N-dealkylation sites (tertiary alicyclic amines) is 1. The zero-order chi connectivity index (χ0) is 23.2. The van der Waals surface area contributed by atoms with Gasteiger partial charge in [-0.2, -0.15) is 8.78 Å². The van der Waals surface area contributed by atoms with E-state index >= 15 is 0 Å². The number of hydrogen-bond donors (Lipinski definition) is 1. The summed E-state index contributed by atoms with van der Waals surface area (Å²) in [6, 6.07) is 16.6. The number of carbonyl (C=O) groups is 1. The molecule has 1 amide bonds. The predicted molar refractivity (Wildman–Crippen MR) is 120 cm³/mol. The third kappa shape index (κ3) is 5.73. The summed E-state index contributed by atoms with van der Waals surface area (Å²) in [7, 11) is 0. The predicted octanol–water partition coefficient (Wildman–Crippen LogP) is 3.96. The van der Waals surface area contributed by atoms with E-state index in [2.05, 4.69) is 37.4 Å². The van der Waals surface area contributed by atoms with Crippen LogP contribution in [-0.2, 0) is 6.54 Å². The molecule has 3 aromatic rings. The lowest BCUT2D eigenvalue weighted by Gasteiger charge is -2.35. The number of carbonyl (C=O) groups excluding carboxylic acids is 1. The van der Waals surface area contributed by atoms with E-state index in [9.17, 15) is 13.6 Å². The molecule has 0 radical (unpaired) electrons. The minimum absolute atomic E-state index is 0.0528. The first-order chi connectivity index (χ1) is 16.0. The Balaban J connectivity index is 1.39. The van der Waals surface area contributed by atoms with E-state index in [0.29, 0.717) is 17.9 Å². The minimum atomic E-state index is -2.88. The summed E-state index contributed by atoms with van der Waals surface area (Å²) in [6.07, 6.45) is 3.34. The Kier molecular flexibility index (Phi) is 7.29. The third-order valence-electron chi connectivity index (χ3n) is 5.89. The molecule has 0 bridgehead atoms. The monoisotopic (exact) mass is 455 g/mol. The first-order valence-corrected chi connectivity index (χ1v) is 11.0. The van der Waals surface area contributed by atoms with Crippen molar-refractivity contribution in [2.45, 2.75) is 45.4 Å². The smallest absolute Gasteiger partial charge is 0.387 e. The first-order valence-electron chi connectivity index (χ1n) is 11.0. The number of ether oxygens (including phenoxy) is 1. The van der Waals surface area contributed by atoms with Crippen molar-refractivity contribution in [1.82, 2.24) is 25.2 Å². The Bertz CT molecular complexity index is 1060. The SMILES string of the molecule is Cc1c(C(=O)NCC2CCCCN2Cc2ccccc2)nnn1-c1ccc(OC(F)F)cc1. The van der Waals surface area contributed by atoms with E-state index in [0.717, 1.165) is 32.4 Å². The molecule has 174 valence electrons. The van der Waals surface area contributed by atoms with E-state index in [-0.39, 0.29) is 23.4 Å². The zero-order valence-corrected chi connectivity index (χ0v) is 18.5. The van der Waals surface area contributed by atoms with Crippen LogP contribution in [0, 0.1) is 6.92 Å². The number of amides is 1. The zero-order valence-electron chi connectivity index (χ0n) is 18.5. The summed E-state index contributed by atoms with van der Waals surface area (Å²) in [5.74, 6) is -0.223. The largest absolute Gasteiger partial charge is 0.435 e. The van der Waals surface area contributed by atoms with E-state index in [1.807, 2.05) is 18.2 Å². The number of halogens is 2. The summed E-state index contributed by atoms with van der Waals surface area (Å²) in [4.78, 5) is 15.3. The summed E-state index contributed by atoms with van der Waals surface area (Å²) >= 11 is 0. The summed E-state index contributed by atoms with van der Waals surface area (Å²) in [6.45, 7) is 1.28. The molecule has 9 heteroatoms. The molecule has 2 aromatic carbocycles. The number of nitrogens with one attached hydrogen (secondary N) is 1.